The van der Waals surface area contributed by atoms with Crippen molar-refractivity contribution >= 4 is 11.6 Å². The maximum atomic E-state index is 14.2. The maximum Gasteiger partial charge on any atom is 0.267 e. The molecule has 1 N–H and O–H groups in total. The normalized spacial score (nSPS) is 10.4. The number of halogens is 1. The first-order chi connectivity index (χ1) is 12.6. The first kappa shape index (κ1) is 17.3. The van der Waals surface area contributed by atoms with Crippen molar-refractivity contribution in [2.24, 2.45) is 0 Å². The van der Waals surface area contributed by atoms with Crippen molar-refractivity contribution in [2.75, 3.05) is 12.4 Å². The van der Waals surface area contributed by atoms with Crippen LogP contribution in [-0.4, -0.2) is 27.8 Å². The molecule has 7 nitrogen and oxygen atoms in total. The first-order valence-electron chi connectivity index (χ1n) is 7.69. The molecule has 1 aromatic carbocycles. The number of rotatable bonds is 5. The van der Waals surface area contributed by atoms with Gasteiger partial charge in [-0.3, -0.25) is 14.6 Å². The Morgan fingerprint density at radius 2 is 1.96 bits per heavy atom. The largest absolute Gasteiger partial charge is 0.497 e. The van der Waals surface area contributed by atoms with Gasteiger partial charge in [0, 0.05) is 35.8 Å². The van der Waals surface area contributed by atoms with Crippen LogP contribution < -0.4 is 15.6 Å². The van der Waals surface area contributed by atoms with Crippen LogP contribution in [0.3, 0.4) is 0 Å². The molecule has 0 saturated heterocycles. The van der Waals surface area contributed by atoms with Crippen LogP contribution >= 0.6 is 0 Å². The molecule has 0 saturated carbocycles. The van der Waals surface area contributed by atoms with Crippen LogP contribution in [0.4, 0.5) is 10.1 Å². The summed E-state index contributed by atoms with van der Waals surface area (Å²) in [7, 11) is 1.44. The highest BCUT2D eigenvalue weighted by Crippen LogP contribution is 2.23. The summed E-state index contributed by atoms with van der Waals surface area (Å²) in [5, 5.41) is 6.72. The molecule has 0 aliphatic carbocycles. The fraction of sp³-hybridized carbons (Fsp3) is 0.111. The van der Waals surface area contributed by atoms with Gasteiger partial charge in [0.25, 0.3) is 5.56 Å². The van der Waals surface area contributed by atoms with E-state index in [1.54, 1.807) is 18.2 Å². The monoisotopic (exact) mass is 354 g/mol. The van der Waals surface area contributed by atoms with Crippen LogP contribution in [-0.2, 0) is 11.3 Å². The van der Waals surface area contributed by atoms with Gasteiger partial charge in [0.1, 0.15) is 18.1 Å². The molecule has 132 valence electrons. The quantitative estimate of drug-likeness (QED) is 0.758. The molecule has 3 aromatic rings. The lowest BCUT2D eigenvalue weighted by Crippen LogP contribution is -2.29. The average molecular weight is 354 g/mol. The Labute approximate surface area is 148 Å². The third-order valence-corrected chi connectivity index (χ3v) is 3.58. The Kier molecular flexibility index (Phi) is 5.02. The first-order valence-corrected chi connectivity index (χ1v) is 7.69. The van der Waals surface area contributed by atoms with E-state index in [0.717, 1.165) is 4.68 Å². The molecule has 0 bridgehead atoms. The minimum atomic E-state index is -0.539. The molecule has 0 spiro atoms. The minimum absolute atomic E-state index is 0.203. The van der Waals surface area contributed by atoms with Crippen LogP contribution in [0.2, 0.25) is 0 Å². The van der Waals surface area contributed by atoms with Gasteiger partial charge in [-0.25, -0.2) is 9.07 Å². The molecule has 3 rings (SSSR count). The number of hydrogen-bond acceptors (Lipinski definition) is 5. The minimum Gasteiger partial charge on any atom is -0.497 e. The van der Waals surface area contributed by atoms with Gasteiger partial charge in [-0.1, -0.05) is 0 Å². The highest BCUT2D eigenvalue weighted by atomic mass is 19.1. The molecule has 0 aliphatic rings. The number of hydrogen-bond donors (Lipinski definition) is 1. The molecule has 0 fully saturated rings. The zero-order chi connectivity index (χ0) is 18.5. The van der Waals surface area contributed by atoms with Gasteiger partial charge >= 0.3 is 0 Å². The zero-order valence-electron chi connectivity index (χ0n) is 13.8. The molecule has 0 atom stereocenters. The van der Waals surface area contributed by atoms with Gasteiger partial charge in [0.2, 0.25) is 5.91 Å². The summed E-state index contributed by atoms with van der Waals surface area (Å²) in [6.07, 6.45) is 3.07. The Morgan fingerprint density at radius 1 is 1.19 bits per heavy atom. The van der Waals surface area contributed by atoms with Crippen molar-refractivity contribution in [3.63, 3.8) is 0 Å². The van der Waals surface area contributed by atoms with Crippen LogP contribution in [0.5, 0.6) is 5.75 Å². The number of anilines is 1. The van der Waals surface area contributed by atoms with Gasteiger partial charge in [-0.2, -0.15) is 5.10 Å². The van der Waals surface area contributed by atoms with Crippen molar-refractivity contribution < 1.29 is 13.9 Å². The van der Waals surface area contributed by atoms with Crippen molar-refractivity contribution in [3.05, 3.63) is 71.0 Å². The number of carbonyl (C=O) groups is 1. The smallest absolute Gasteiger partial charge is 0.267 e. The molecule has 2 heterocycles. The van der Waals surface area contributed by atoms with E-state index in [9.17, 15) is 14.0 Å². The average Bonchev–Trinajstić information content (AvgIpc) is 2.64. The summed E-state index contributed by atoms with van der Waals surface area (Å²) in [5.41, 5.74) is 0.526. The summed E-state index contributed by atoms with van der Waals surface area (Å²) in [6.45, 7) is -0.299. The third-order valence-electron chi connectivity index (χ3n) is 3.58. The predicted molar refractivity (Wildman–Crippen MR) is 93.3 cm³/mol. The van der Waals surface area contributed by atoms with Gasteiger partial charge < -0.3 is 10.1 Å². The second kappa shape index (κ2) is 7.56. The van der Waals surface area contributed by atoms with Crippen molar-refractivity contribution in [1.82, 2.24) is 14.8 Å². The van der Waals surface area contributed by atoms with Crippen LogP contribution in [0.1, 0.15) is 0 Å². The van der Waals surface area contributed by atoms with E-state index in [0.29, 0.717) is 11.4 Å². The zero-order valence-corrected chi connectivity index (χ0v) is 13.8. The number of methoxy groups -OCH3 is 1. The molecule has 0 aliphatic heterocycles. The Morgan fingerprint density at radius 3 is 2.65 bits per heavy atom. The second-order valence-corrected chi connectivity index (χ2v) is 5.34. The number of nitrogens with one attached hydrogen (secondary N) is 1. The van der Waals surface area contributed by atoms with Gasteiger partial charge in [-0.15, -0.1) is 0 Å². The fourth-order valence-corrected chi connectivity index (χ4v) is 2.31. The van der Waals surface area contributed by atoms with Gasteiger partial charge in [0.15, 0.2) is 0 Å². The number of ether oxygens (including phenoxy) is 1. The summed E-state index contributed by atoms with van der Waals surface area (Å²) >= 11 is 0. The van der Waals surface area contributed by atoms with Crippen molar-refractivity contribution in [1.29, 1.82) is 0 Å². The highest BCUT2D eigenvalue weighted by Gasteiger charge is 2.12. The lowest BCUT2D eigenvalue weighted by molar-refractivity contribution is -0.117. The molecule has 1 amide bonds. The molecule has 0 unspecified atom stereocenters. The van der Waals surface area contributed by atoms with Crippen LogP contribution in [0.25, 0.3) is 11.3 Å². The Hall–Kier alpha value is -3.55. The second-order valence-electron chi connectivity index (χ2n) is 5.34. The van der Waals surface area contributed by atoms with Crippen molar-refractivity contribution in [3.8, 4) is 17.0 Å². The molecular weight excluding hydrogens is 339 g/mol. The van der Waals surface area contributed by atoms with Gasteiger partial charge in [0.05, 0.1) is 12.8 Å². The lowest BCUT2D eigenvalue weighted by Gasteiger charge is -2.09. The predicted octanol–water partition coefficient (Wildman–Crippen LogP) is 2.09. The number of aromatic nitrogens is 3. The topological polar surface area (TPSA) is 86.1 Å². The lowest BCUT2D eigenvalue weighted by atomic mass is 10.1. The van der Waals surface area contributed by atoms with E-state index in [2.05, 4.69) is 15.4 Å². The number of benzene rings is 1. The van der Waals surface area contributed by atoms with E-state index < -0.39 is 17.3 Å². The number of amides is 1. The summed E-state index contributed by atoms with van der Waals surface area (Å²) in [6, 6.07) is 10.2. The van der Waals surface area contributed by atoms with Crippen molar-refractivity contribution in [2.45, 2.75) is 6.54 Å². The van der Waals surface area contributed by atoms with E-state index in [-0.39, 0.29) is 17.8 Å². The molecule has 8 heteroatoms. The summed E-state index contributed by atoms with van der Waals surface area (Å²) < 4.78 is 20.2. The van der Waals surface area contributed by atoms with Crippen LogP contribution in [0, 0.1) is 5.82 Å². The molecule has 2 aromatic heterocycles. The standard InChI is InChI=1S/C18H15FN4O3/c1-26-13-2-3-14(15(19)10-13)16-4-5-18(25)23(22-16)11-17(24)21-12-6-8-20-9-7-12/h2-10H,11H2,1H3,(H,20,21,24). The van der Waals surface area contributed by atoms with E-state index in [4.69, 9.17) is 4.74 Å². The number of nitrogens with zero attached hydrogens (tertiary/aromatic N) is 3. The number of pyridine rings is 1. The molecule has 26 heavy (non-hydrogen) atoms. The molecule has 0 radical (unpaired) electrons. The van der Waals surface area contributed by atoms with E-state index in [1.165, 1.54) is 43.8 Å². The van der Waals surface area contributed by atoms with E-state index in [1.807, 2.05) is 0 Å². The van der Waals surface area contributed by atoms with Crippen LogP contribution in [0.15, 0.2) is 59.7 Å². The van der Waals surface area contributed by atoms with E-state index >= 15 is 0 Å². The van der Waals surface area contributed by atoms with Gasteiger partial charge in [-0.05, 0) is 30.3 Å². The SMILES string of the molecule is COc1ccc(-c2ccc(=O)n(CC(=O)Nc3ccncc3)n2)c(F)c1. The fourth-order valence-electron chi connectivity index (χ4n) is 2.31. The Balaban J connectivity index is 1.84. The maximum absolute atomic E-state index is 14.2. The molecular formula is C18H15FN4O3. The third kappa shape index (κ3) is 3.92. The number of carbonyl (C=O) groups excluding carboxylic acids is 1. The summed E-state index contributed by atoms with van der Waals surface area (Å²) in [5.74, 6) is -0.599. The Bertz CT molecular complexity index is 989. The highest BCUT2D eigenvalue weighted by molar-refractivity contribution is 5.90. The summed E-state index contributed by atoms with van der Waals surface area (Å²) in [4.78, 5) is 27.9.